The lowest BCUT2D eigenvalue weighted by Gasteiger charge is -2.23. The molecular weight excluding hydrogens is 442 g/mol. The van der Waals surface area contributed by atoms with E-state index in [9.17, 15) is 14.4 Å². The summed E-state index contributed by atoms with van der Waals surface area (Å²) in [6, 6.07) is 21.7. The highest BCUT2D eigenvalue weighted by atomic mass is 16.5. The van der Waals surface area contributed by atoms with Crippen LogP contribution in [0.15, 0.2) is 72.8 Å². The lowest BCUT2D eigenvalue weighted by Crippen LogP contribution is -2.31. The van der Waals surface area contributed by atoms with Crippen molar-refractivity contribution in [2.75, 3.05) is 37.5 Å². The molecule has 4 rings (SSSR count). The SMILES string of the molecule is CN(C)C(=O)COc1ccccc1C(=O)Nc1ccc(C(=O)N2CCCCc3ccccc32)cc1. The Morgan fingerprint density at radius 1 is 0.914 bits per heavy atom. The van der Waals surface area contributed by atoms with Crippen LogP contribution >= 0.6 is 0 Å². The Labute approximate surface area is 205 Å². The van der Waals surface area contributed by atoms with Crippen molar-refractivity contribution in [1.29, 1.82) is 0 Å². The van der Waals surface area contributed by atoms with Crippen LogP contribution in [0.1, 0.15) is 39.1 Å². The fourth-order valence-electron chi connectivity index (χ4n) is 4.00. The van der Waals surface area contributed by atoms with Crippen molar-refractivity contribution in [3.8, 4) is 5.75 Å². The lowest BCUT2D eigenvalue weighted by molar-refractivity contribution is -0.130. The van der Waals surface area contributed by atoms with Gasteiger partial charge in [-0.05, 0) is 67.3 Å². The molecule has 3 aromatic carbocycles. The number of anilines is 2. The molecule has 0 fully saturated rings. The molecule has 0 bridgehead atoms. The molecule has 0 radical (unpaired) electrons. The van der Waals surface area contributed by atoms with E-state index in [1.54, 1.807) is 62.6 Å². The second kappa shape index (κ2) is 10.9. The van der Waals surface area contributed by atoms with Gasteiger partial charge < -0.3 is 19.9 Å². The van der Waals surface area contributed by atoms with Gasteiger partial charge in [0.25, 0.3) is 17.7 Å². The number of ether oxygens (including phenoxy) is 1. The van der Waals surface area contributed by atoms with Gasteiger partial charge in [0, 0.05) is 37.6 Å². The van der Waals surface area contributed by atoms with Crippen LogP contribution in [0.4, 0.5) is 11.4 Å². The van der Waals surface area contributed by atoms with Gasteiger partial charge in [-0.3, -0.25) is 14.4 Å². The Balaban J connectivity index is 1.45. The molecule has 1 N–H and O–H groups in total. The number of amides is 3. The van der Waals surface area contributed by atoms with E-state index in [0.717, 1.165) is 24.9 Å². The van der Waals surface area contributed by atoms with E-state index in [0.29, 0.717) is 29.1 Å². The van der Waals surface area contributed by atoms with Crippen molar-refractivity contribution in [3.63, 3.8) is 0 Å². The van der Waals surface area contributed by atoms with E-state index in [2.05, 4.69) is 11.4 Å². The number of hydrogen-bond acceptors (Lipinski definition) is 4. The molecule has 0 atom stereocenters. The molecule has 3 aromatic rings. The number of nitrogens with zero attached hydrogens (tertiary/aromatic N) is 2. The Kier molecular flexibility index (Phi) is 7.45. The molecule has 1 aliphatic rings. The first-order valence-electron chi connectivity index (χ1n) is 11.7. The van der Waals surface area contributed by atoms with Crippen molar-refractivity contribution in [3.05, 3.63) is 89.5 Å². The highest BCUT2D eigenvalue weighted by molar-refractivity contribution is 6.08. The number of benzene rings is 3. The van der Waals surface area contributed by atoms with Crippen LogP contribution in [0, 0.1) is 0 Å². The molecule has 0 saturated heterocycles. The summed E-state index contributed by atoms with van der Waals surface area (Å²) in [5.41, 5.74) is 3.60. The maximum absolute atomic E-state index is 13.3. The van der Waals surface area contributed by atoms with Gasteiger partial charge in [0.15, 0.2) is 6.61 Å². The standard InChI is InChI=1S/C28H29N3O4/c1-30(2)26(32)19-35-25-13-6-4-11-23(25)27(33)29-22-16-14-21(15-17-22)28(34)31-18-8-7-10-20-9-3-5-12-24(20)31/h3-6,9,11-17H,7-8,10,18-19H2,1-2H3,(H,29,33). The molecule has 3 amide bonds. The van der Waals surface area contributed by atoms with E-state index >= 15 is 0 Å². The average molecular weight is 472 g/mol. The smallest absolute Gasteiger partial charge is 0.259 e. The first kappa shape index (κ1) is 24.0. The van der Waals surface area contributed by atoms with Gasteiger partial charge in [0.05, 0.1) is 5.56 Å². The van der Waals surface area contributed by atoms with Crippen LogP contribution in [-0.4, -0.2) is 49.9 Å². The molecule has 1 aliphatic heterocycles. The van der Waals surface area contributed by atoms with E-state index in [4.69, 9.17) is 4.74 Å². The molecule has 0 unspecified atom stereocenters. The topological polar surface area (TPSA) is 79.0 Å². The molecule has 35 heavy (non-hydrogen) atoms. The first-order valence-corrected chi connectivity index (χ1v) is 11.7. The summed E-state index contributed by atoms with van der Waals surface area (Å²) < 4.78 is 5.57. The van der Waals surface area contributed by atoms with Crippen LogP contribution in [0.25, 0.3) is 0 Å². The largest absolute Gasteiger partial charge is 0.483 e. The zero-order chi connectivity index (χ0) is 24.8. The van der Waals surface area contributed by atoms with Gasteiger partial charge in [-0.1, -0.05) is 30.3 Å². The molecule has 7 heteroatoms. The Bertz CT molecular complexity index is 1220. The fourth-order valence-corrected chi connectivity index (χ4v) is 4.00. The van der Waals surface area contributed by atoms with Gasteiger partial charge in [0.1, 0.15) is 5.75 Å². The van der Waals surface area contributed by atoms with E-state index in [1.807, 2.05) is 23.1 Å². The van der Waals surface area contributed by atoms with Crippen molar-refractivity contribution in [2.24, 2.45) is 0 Å². The third-order valence-corrected chi connectivity index (χ3v) is 5.98. The minimum atomic E-state index is -0.363. The molecule has 0 saturated carbocycles. The molecule has 0 spiro atoms. The van der Waals surface area contributed by atoms with Crippen LogP contribution in [0.3, 0.4) is 0 Å². The third kappa shape index (κ3) is 5.69. The van der Waals surface area contributed by atoms with Gasteiger partial charge in [0.2, 0.25) is 0 Å². The minimum Gasteiger partial charge on any atom is -0.483 e. The summed E-state index contributed by atoms with van der Waals surface area (Å²) in [6.45, 7) is 0.523. The summed E-state index contributed by atoms with van der Waals surface area (Å²) in [4.78, 5) is 41.3. The fraction of sp³-hybridized carbons (Fsp3) is 0.250. The average Bonchev–Trinajstić information content (AvgIpc) is 3.10. The maximum Gasteiger partial charge on any atom is 0.259 e. The predicted octanol–water partition coefficient (Wildman–Crippen LogP) is 4.39. The van der Waals surface area contributed by atoms with E-state index in [-0.39, 0.29) is 24.3 Å². The van der Waals surface area contributed by atoms with E-state index < -0.39 is 0 Å². The van der Waals surface area contributed by atoms with Crippen molar-refractivity contribution in [1.82, 2.24) is 4.90 Å². The monoisotopic (exact) mass is 471 g/mol. The van der Waals surface area contributed by atoms with Crippen LogP contribution in [-0.2, 0) is 11.2 Å². The molecule has 0 aliphatic carbocycles. The molecule has 180 valence electrons. The summed E-state index contributed by atoms with van der Waals surface area (Å²) in [5.74, 6) is -0.292. The van der Waals surface area contributed by atoms with Crippen LogP contribution in [0.5, 0.6) is 5.75 Å². The molecule has 7 nitrogen and oxygen atoms in total. The summed E-state index contributed by atoms with van der Waals surface area (Å²) in [5, 5.41) is 2.84. The first-order chi connectivity index (χ1) is 16.9. The summed E-state index contributed by atoms with van der Waals surface area (Å²) in [7, 11) is 3.29. The number of para-hydroxylation sites is 2. The number of aryl methyl sites for hydroxylation is 1. The van der Waals surface area contributed by atoms with Gasteiger partial charge in [-0.25, -0.2) is 0 Å². The lowest BCUT2D eigenvalue weighted by atomic mass is 10.1. The Hall–Kier alpha value is -4.13. The number of carbonyl (C=O) groups excluding carboxylic acids is 3. The zero-order valence-corrected chi connectivity index (χ0v) is 20.0. The second-order valence-corrected chi connectivity index (χ2v) is 8.65. The van der Waals surface area contributed by atoms with Gasteiger partial charge in [-0.2, -0.15) is 0 Å². The third-order valence-electron chi connectivity index (χ3n) is 5.98. The number of fused-ring (bicyclic) bond motifs is 1. The second-order valence-electron chi connectivity index (χ2n) is 8.65. The summed E-state index contributed by atoms with van der Waals surface area (Å²) in [6.07, 6.45) is 2.98. The van der Waals surface area contributed by atoms with Crippen molar-refractivity contribution >= 4 is 29.1 Å². The molecule has 0 aromatic heterocycles. The Morgan fingerprint density at radius 2 is 1.63 bits per heavy atom. The van der Waals surface area contributed by atoms with Crippen LogP contribution in [0.2, 0.25) is 0 Å². The quantitative estimate of drug-likeness (QED) is 0.578. The maximum atomic E-state index is 13.3. The van der Waals surface area contributed by atoms with Crippen LogP contribution < -0.4 is 15.0 Å². The molecular formula is C28H29N3O4. The van der Waals surface area contributed by atoms with E-state index in [1.165, 1.54) is 10.5 Å². The van der Waals surface area contributed by atoms with Gasteiger partial charge in [-0.15, -0.1) is 0 Å². The van der Waals surface area contributed by atoms with Gasteiger partial charge >= 0.3 is 0 Å². The molecule has 1 heterocycles. The normalized spacial score (nSPS) is 12.8. The highest BCUT2D eigenvalue weighted by Crippen LogP contribution is 2.28. The minimum absolute atomic E-state index is 0.0541. The Morgan fingerprint density at radius 3 is 2.40 bits per heavy atom. The number of carbonyl (C=O) groups is 3. The van der Waals surface area contributed by atoms with Crippen molar-refractivity contribution < 1.29 is 19.1 Å². The zero-order valence-electron chi connectivity index (χ0n) is 20.0. The summed E-state index contributed by atoms with van der Waals surface area (Å²) >= 11 is 0. The highest BCUT2D eigenvalue weighted by Gasteiger charge is 2.22. The number of nitrogens with one attached hydrogen (secondary N) is 1. The predicted molar refractivity (Wildman–Crippen MR) is 136 cm³/mol. The number of rotatable bonds is 6. The number of likely N-dealkylation sites (N-methyl/N-ethyl adjacent to an activating group) is 1. The number of hydrogen-bond donors (Lipinski definition) is 1. The van der Waals surface area contributed by atoms with Crippen molar-refractivity contribution in [2.45, 2.75) is 19.3 Å².